The second-order valence-electron chi connectivity index (χ2n) is 10.8. The van der Waals surface area contributed by atoms with Gasteiger partial charge >= 0.3 is 6.09 Å². The maximum atomic E-state index is 12.9. The predicted molar refractivity (Wildman–Crippen MR) is 136 cm³/mol. The largest absolute Gasteiger partial charge is 0.444 e. The van der Waals surface area contributed by atoms with Gasteiger partial charge in [0.1, 0.15) is 18.2 Å². The van der Waals surface area contributed by atoms with Gasteiger partial charge in [-0.3, -0.25) is 4.90 Å². The van der Waals surface area contributed by atoms with E-state index < -0.39 is 25.9 Å². The highest BCUT2D eigenvalue weighted by molar-refractivity contribution is 9.10. The van der Waals surface area contributed by atoms with Gasteiger partial charge in [0.05, 0.1) is 24.4 Å². The van der Waals surface area contributed by atoms with Crippen molar-refractivity contribution >= 4 is 30.1 Å². The molecule has 1 aliphatic rings. The molecule has 33 heavy (non-hydrogen) atoms. The summed E-state index contributed by atoms with van der Waals surface area (Å²) in [6, 6.07) is 8.64. The van der Waals surface area contributed by atoms with E-state index >= 15 is 0 Å². The Kier molecular flexibility index (Phi) is 8.09. The molecule has 9 heteroatoms. The van der Waals surface area contributed by atoms with Crippen molar-refractivity contribution in [3.8, 4) is 11.3 Å². The summed E-state index contributed by atoms with van der Waals surface area (Å²) in [4.78, 5) is 19.4. The molecule has 1 aromatic heterocycles. The van der Waals surface area contributed by atoms with Gasteiger partial charge in [-0.1, -0.05) is 47.7 Å². The summed E-state index contributed by atoms with van der Waals surface area (Å²) >= 11 is 3.48. The lowest BCUT2D eigenvalue weighted by molar-refractivity contribution is 0.0188. The highest BCUT2D eigenvalue weighted by Crippen LogP contribution is 2.35. The number of hydrogen-bond donors (Lipinski definition) is 1. The molecular formula is C24H36BrN3O4Si. The van der Waals surface area contributed by atoms with E-state index in [2.05, 4.69) is 35.6 Å². The summed E-state index contributed by atoms with van der Waals surface area (Å²) in [5.41, 5.74) is 1.16. The van der Waals surface area contributed by atoms with Gasteiger partial charge in [0.2, 0.25) is 0 Å². The maximum absolute atomic E-state index is 12.9. The fraction of sp³-hybridized carbons (Fsp3) is 0.583. The third kappa shape index (κ3) is 7.40. The second kappa shape index (κ2) is 10.3. The van der Waals surface area contributed by atoms with Crippen LogP contribution in [0, 0.1) is 0 Å². The van der Waals surface area contributed by atoms with Crippen LogP contribution in [0.1, 0.15) is 39.1 Å². The van der Waals surface area contributed by atoms with E-state index in [-0.39, 0.29) is 12.6 Å². The van der Waals surface area contributed by atoms with Gasteiger partial charge in [0, 0.05) is 37.3 Å². The second-order valence-corrected chi connectivity index (χ2v) is 17.4. The fourth-order valence-corrected chi connectivity index (χ4v) is 4.70. The van der Waals surface area contributed by atoms with Crippen molar-refractivity contribution in [3.05, 3.63) is 40.8 Å². The number of hydrogen-bond acceptors (Lipinski definition) is 5. The first-order valence-electron chi connectivity index (χ1n) is 11.4. The Hall–Kier alpha value is -1.68. The van der Waals surface area contributed by atoms with Gasteiger partial charge < -0.3 is 19.1 Å². The zero-order valence-electron chi connectivity index (χ0n) is 20.5. The predicted octanol–water partition coefficient (Wildman–Crippen LogP) is 5.67. The van der Waals surface area contributed by atoms with Crippen molar-refractivity contribution in [1.82, 2.24) is 14.5 Å². The molecular weight excluding hydrogens is 502 g/mol. The van der Waals surface area contributed by atoms with Crippen molar-refractivity contribution in [2.24, 2.45) is 0 Å². The first-order chi connectivity index (χ1) is 15.3. The molecule has 2 atom stereocenters. The van der Waals surface area contributed by atoms with Crippen molar-refractivity contribution in [3.63, 3.8) is 0 Å². The van der Waals surface area contributed by atoms with Gasteiger partial charge in [0.15, 0.2) is 0 Å². The van der Waals surface area contributed by atoms with E-state index in [0.717, 1.165) is 21.8 Å². The number of amides is 1. The van der Waals surface area contributed by atoms with Crippen LogP contribution < -0.4 is 0 Å². The molecule has 0 unspecified atom stereocenters. The standard InChI is InChI=1S/C24H36BrN3O4Si/c1-24(2,3)32-23(30)28-14-19(29)13-21(28)22-26-20(17-7-9-18(25)10-8-17)15-27(22)16-31-11-12-33(4,5)6/h7-10,15,19,21,29H,11-14,16H2,1-6H3/t19-,21-/m0/s1. The van der Waals surface area contributed by atoms with Gasteiger partial charge in [-0.15, -0.1) is 0 Å². The zero-order chi connectivity index (χ0) is 24.4. The van der Waals surface area contributed by atoms with Gasteiger partial charge in [-0.25, -0.2) is 9.78 Å². The Balaban J connectivity index is 1.89. The Morgan fingerprint density at radius 3 is 2.52 bits per heavy atom. The van der Waals surface area contributed by atoms with E-state index in [1.165, 1.54) is 0 Å². The van der Waals surface area contributed by atoms with Crippen LogP contribution in [0.15, 0.2) is 34.9 Å². The van der Waals surface area contributed by atoms with E-state index in [1.807, 2.05) is 55.8 Å². The van der Waals surface area contributed by atoms with E-state index in [9.17, 15) is 9.90 Å². The lowest BCUT2D eigenvalue weighted by Crippen LogP contribution is -2.38. The molecule has 2 heterocycles. The average Bonchev–Trinajstić information content (AvgIpc) is 3.27. The molecule has 0 bridgehead atoms. The molecule has 0 aliphatic carbocycles. The summed E-state index contributed by atoms with van der Waals surface area (Å²) in [7, 11) is -1.20. The SMILES string of the molecule is CC(C)(C)OC(=O)N1C[C@@H](O)C[C@H]1c1nc(-c2ccc(Br)cc2)cn1COCC[Si](C)(C)C. The number of benzene rings is 1. The van der Waals surface area contributed by atoms with Crippen molar-refractivity contribution in [2.75, 3.05) is 13.2 Å². The fourth-order valence-electron chi connectivity index (χ4n) is 3.68. The number of carbonyl (C=O) groups excluding carboxylic acids is 1. The molecule has 3 rings (SSSR count). The van der Waals surface area contributed by atoms with Crippen LogP contribution in [0.5, 0.6) is 0 Å². The number of aliphatic hydroxyl groups excluding tert-OH is 1. The number of ether oxygens (including phenoxy) is 2. The maximum Gasteiger partial charge on any atom is 0.411 e. The number of nitrogens with zero attached hydrogens (tertiary/aromatic N) is 3. The van der Waals surface area contributed by atoms with Crippen molar-refractivity contribution in [1.29, 1.82) is 0 Å². The van der Waals surface area contributed by atoms with Crippen LogP contribution in [0.25, 0.3) is 11.3 Å². The van der Waals surface area contributed by atoms with E-state index in [4.69, 9.17) is 14.5 Å². The van der Waals surface area contributed by atoms with Crippen LogP contribution in [-0.4, -0.2) is 58.6 Å². The number of halogens is 1. The minimum absolute atomic E-state index is 0.219. The normalized spacial score (nSPS) is 19.2. The molecule has 1 aromatic carbocycles. The third-order valence-electron chi connectivity index (χ3n) is 5.38. The number of rotatable bonds is 7. The molecule has 1 N–H and O–H groups in total. The lowest BCUT2D eigenvalue weighted by atomic mass is 10.1. The van der Waals surface area contributed by atoms with Crippen molar-refractivity contribution in [2.45, 2.75) is 77.4 Å². The number of carbonyl (C=O) groups is 1. The average molecular weight is 539 g/mol. The number of aromatic nitrogens is 2. The Morgan fingerprint density at radius 2 is 1.91 bits per heavy atom. The first-order valence-corrected chi connectivity index (χ1v) is 15.9. The molecule has 0 spiro atoms. The van der Waals surface area contributed by atoms with Gasteiger partial charge in [-0.2, -0.15) is 0 Å². The minimum Gasteiger partial charge on any atom is -0.444 e. The molecule has 1 amide bonds. The third-order valence-corrected chi connectivity index (χ3v) is 7.61. The van der Waals surface area contributed by atoms with Crippen LogP contribution in [0.2, 0.25) is 25.7 Å². The Labute approximate surface area is 206 Å². The number of likely N-dealkylation sites (tertiary alicyclic amines) is 1. The van der Waals surface area contributed by atoms with Gasteiger partial charge in [-0.05, 0) is 38.9 Å². The summed E-state index contributed by atoms with van der Waals surface area (Å²) < 4.78 is 14.6. The monoisotopic (exact) mass is 537 g/mol. The number of β-amino-alcohol motifs (C(OH)–C–C–N with tert-alkyl or cyclic N) is 1. The zero-order valence-corrected chi connectivity index (χ0v) is 23.1. The molecule has 1 fully saturated rings. The molecule has 0 radical (unpaired) electrons. The van der Waals surface area contributed by atoms with Crippen LogP contribution in [-0.2, 0) is 16.2 Å². The van der Waals surface area contributed by atoms with Crippen LogP contribution in [0.4, 0.5) is 4.79 Å². The smallest absolute Gasteiger partial charge is 0.411 e. The number of imidazole rings is 1. The minimum atomic E-state index is -1.20. The lowest BCUT2D eigenvalue weighted by Gasteiger charge is -2.28. The summed E-state index contributed by atoms with van der Waals surface area (Å²) in [5.74, 6) is 0.698. The summed E-state index contributed by atoms with van der Waals surface area (Å²) in [6.45, 7) is 13.7. The molecule has 2 aromatic rings. The summed E-state index contributed by atoms with van der Waals surface area (Å²) in [6.07, 6.45) is 1.30. The molecule has 182 valence electrons. The van der Waals surface area contributed by atoms with Crippen LogP contribution >= 0.6 is 15.9 Å². The highest BCUT2D eigenvalue weighted by Gasteiger charge is 2.40. The summed E-state index contributed by atoms with van der Waals surface area (Å²) in [5, 5.41) is 10.4. The quantitative estimate of drug-likeness (QED) is 0.363. The Morgan fingerprint density at radius 1 is 1.24 bits per heavy atom. The molecule has 1 saturated heterocycles. The molecule has 7 nitrogen and oxygen atoms in total. The molecule has 1 aliphatic heterocycles. The van der Waals surface area contributed by atoms with E-state index in [1.54, 1.807) is 4.90 Å². The first kappa shape index (κ1) is 25.9. The van der Waals surface area contributed by atoms with Crippen molar-refractivity contribution < 1.29 is 19.4 Å². The van der Waals surface area contributed by atoms with Gasteiger partial charge in [0.25, 0.3) is 0 Å². The van der Waals surface area contributed by atoms with Crippen LogP contribution in [0.3, 0.4) is 0 Å². The Bertz CT molecular complexity index is 950. The van der Waals surface area contributed by atoms with E-state index in [0.29, 0.717) is 25.6 Å². The highest BCUT2D eigenvalue weighted by atomic mass is 79.9. The molecule has 0 saturated carbocycles. The number of aliphatic hydroxyl groups is 1. The topological polar surface area (TPSA) is 76.8 Å².